The second-order valence-corrected chi connectivity index (χ2v) is 9.24. The van der Waals surface area contributed by atoms with E-state index in [2.05, 4.69) is 30.4 Å². The van der Waals surface area contributed by atoms with Crippen molar-refractivity contribution in [3.05, 3.63) is 64.0 Å². The molecule has 0 spiro atoms. The monoisotopic (exact) mass is 460 g/mol. The highest BCUT2D eigenvalue weighted by Crippen LogP contribution is 2.28. The third kappa shape index (κ3) is 3.74. The summed E-state index contributed by atoms with van der Waals surface area (Å²) in [7, 11) is 0. The van der Waals surface area contributed by atoms with Gasteiger partial charge >= 0.3 is 5.76 Å². The molecular formula is C24H28N8O2. The van der Waals surface area contributed by atoms with Crippen LogP contribution in [0.2, 0.25) is 0 Å². The van der Waals surface area contributed by atoms with E-state index in [1.165, 1.54) is 19.4 Å². The summed E-state index contributed by atoms with van der Waals surface area (Å²) < 4.78 is 5.08. The number of hydrogen-bond acceptors (Lipinski definition) is 9. The van der Waals surface area contributed by atoms with Crippen LogP contribution in [0.3, 0.4) is 0 Å². The van der Waals surface area contributed by atoms with Crippen molar-refractivity contribution in [1.29, 1.82) is 0 Å². The molecule has 0 radical (unpaired) electrons. The molecule has 1 aromatic carbocycles. The number of fused-ring (bicyclic) bond motifs is 2. The molecule has 3 aliphatic rings. The molecule has 5 heterocycles. The molecule has 3 aromatic rings. The van der Waals surface area contributed by atoms with Gasteiger partial charge in [-0.3, -0.25) is 15.6 Å². The van der Waals surface area contributed by atoms with Crippen molar-refractivity contribution in [3.63, 3.8) is 0 Å². The molecule has 0 saturated carbocycles. The topological polar surface area (TPSA) is 128 Å². The number of H-pyrrole nitrogens is 1. The molecule has 0 bridgehead atoms. The molecule has 34 heavy (non-hydrogen) atoms. The Labute approximate surface area is 196 Å². The van der Waals surface area contributed by atoms with Crippen LogP contribution in [-0.2, 0) is 5.79 Å². The zero-order valence-electron chi connectivity index (χ0n) is 19.0. The van der Waals surface area contributed by atoms with Crippen LogP contribution >= 0.6 is 0 Å². The molecule has 2 fully saturated rings. The third-order valence-electron chi connectivity index (χ3n) is 6.96. The maximum Gasteiger partial charge on any atom is 0.417 e. The Kier molecular flexibility index (Phi) is 4.93. The van der Waals surface area contributed by atoms with Crippen molar-refractivity contribution in [2.45, 2.75) is 31.6 Å². The normalized spacial score (nSPS) is 25.0. The number of nitrogens with two attached hydrogens (primary N) is 1. The number of hydrogen-bond donors (Lipinski definition) is 4. The van der Waals surface area contributed by atoms with Crippen molar-refractivity contribution in [2.24, 2.45) is 10.7 Å². The van der Waals surface area contributed by atoms with Crippen molar-refractivity contribution < 1.29 is 4.42 Å². The van der Waals surface area contributed by atoms with Crippen LogP contribution in [0.15, 0.2) is 62.1 Å². The predicted molar refractivity (Wildman–Crippen MR) is 132 cm³/mol. The Morgan fingerprint density at radius 2 is 2.15 bits per heavy atom. The van der Waals surface area contributed by atoms with E-state index in [1.807, 2.05) is 31.2 Å². The number of oxazole rings is 1. The SMILES string of the molecule is CC1=C(Nc2ccc3oc(=O)[nH]c3c2)NC(N)(c2ccc(N3CCN4CCC[C@@H]4C3)nc2)N=C1. The van der Waals surface area contributed by atoms with Crippen LogP contribution in [0.5, 0.6) is 0 Å². The zero-order chi connectivity index (χ0) is 23.3. The number of aromatic amines is 1. The first-order chi connectivity index (χ1) is 16.5. The van der Waals surface area contributed by atoms with E-state index in [1.54, 1.807) is 18.5 Å². The highest BCUT2D eigenvalue weighted by Gasteiger charge is 2.33. The number of anilines is 2. The molecule has 1 unspecified atom stereocenters. The molecule has 5 N–H and O–H groups in total. The van der Waals surface area contributed by atoms with E-state index in [-0.39, 0.29) is 0 Å². The summed E-state index contributed by atoms with van der Waals surface area (Å²) in [5.74, 6) is 0.0776. The predicted octanol–water partition coefficient (Wildman–Crippen LogP) is 1.89. The average Bonchev–Trinajstić information content (AvgIpc) is 3.46. The lowest BCUT2D eigenvalue weighted by Crippen LogP contribution is -2.52. The third-order valence-corrected chi connectivity index (χ3v) is 6.96. The van der Waals surface area contributed by atoms with E-state index in [0.29, 0.717) is 17.1 Å². The number of aromatic nitrogens is 2. The number of benzene rings is 1. The van der Waals surface area contributed by atoms with Gasteiger partial charge < -0.3 is 20.0 Å². The summed E-state index contributed by atoms with van der Waals surface area (Å²) in [6, 6.07) is 10.1. The quantitative estimate of drug-likeness (QED) is 0.465. The zero-order valence-corrected chi connectivity index (χ0v) is 19.0. The van der Waals surface area contributed by atoms with Gasteiger partial charge in [-0.15, -0.1) is 0 Å². The van der Waals surface area contributed by atoms with Crippen LogP contribution in [0, 0.1) is 0 Å². The minimum absolute atomic E-state index is 0.479. The Morgan fingerprint density at radius 3 is 3.00 bits per heavy atom. The Hall–Kier alpha value is -3.63. The van der Waals surface area contributed by atoms with Crippen molar-refractivity contribution in [1.82, 2.24) is 20.2 Å². The van der Waals surface area contributed by atoms with Gasteiger partial charge in [0.2, 0.25) is 5.79 Å². The molecule has 2 aromatic heterocycles. The first kappa shape index (κ1) is 20.9. The van der Waals surface area contributed by atoms with Gasteiger partial charge in [-0.25, -0.2) is 14.8 Å². The van der Waals surface area contributed by atoms with Crippen molar-refractivity contribution in [2.75, 3.05) is 36.4 Å². The molecule has 2 atom stereocenters. The lowest BCUT2D eigenvalue weighted by molar-refractivity contribution is 0.230. The summed E-state index contributed by atoms with van der Waals surface area (Å²) in [5, 5.41) is 6.66. The van der Waals surface area contributed by atoms with Crippen molar-refractivity contribution in [3.8, 4) is 0 Å². The molecule has 10 nitrogen and oxygen atoms in total. The van der Waals surface area contributed by atoms with Gasteiger partial charge in [0.05, 0.1) is 5.52 Å². The van der Waals surface area contributed by atoms with Gasteiger partial charge in [-0.1, -0.05) is 0 Å². The lowest BCUT2D eigenvalue weighted by Gasteiger charge is -2.38. The number of pyridine rings is 1. The fourth-order valence-electron chi connectivity index (χ4n) is 5.03. The summed E-state index contributed by atoms with van der Waals surface area (Å²) in [4.78, 5) is 28.4. The standard InChI is InChI=1S/C24H28N8O2/c1-15-12-27-24(25,30-22(15)28-17-5-6-20-19(11-17)29-23(33)34-20)16-4-7-21(26-13-16)32-10-9-31-8-2-3-18(31)14-32/h4-7,11-13,18,28,30H,2-3,8-10,14,25H2,1H3,(H,29,33)/t18-,24?/m1/s1. The molecule has 2 saturated heterocycles. The fraction of sp³-hybridized carbons (Fsp3) is 0.375. The van der Waals surface area contributed by atoms with E-state index in [4.69, 9.17) is 15.1 Å². The summed E-state index contributed by atoms with van der Waals surface area (Å²) in [6.07, 6.45) is 6.12. The van der Waals surface area contributed by atoms with Gasteiger partial charge in [0.1, 0.15) is 11.6 Å². The summed E-state index contributed by atoms with van der Waals surface area (Å²) in [5.41, 5.74) is 10.3. The van der Waals surface area contributed by atoms with Gasteiger partial charge in [0.15, 0.2) is 5.58 Å². The maximum atomic E-state index is 11.4. The fourth-order valence-corrected chi connectivity index (χ4v) is 5.03. The van der Waals surface area contributed by atoms with Crippen LogP contribution in [0.4, 0.5) is 11.5 Å². The molecular weight excluding hydrogens is 432 g/mol. The average molecular weight is 461 g/mol. The number of nitrogens with zero attached hydrogens (tertiary/aromatic N) is 4. The molecule has 0 amide bonds. The van der Waals surface area contributed by atoms with Gasteiger partial charge in [-0.05, 0) is 56.6 Å². The summed E-state index contributed by atoms with van der Waals surface area (Å²) >= 11 is 0. The second kappa shape index (κ2) is 8.00. The minimum Gasteiger partial charge on any atom is -0.408 e. The number of aliphatic imine (C=N–C) groups is 1. The minimum atomic E-state index is -1.15. The number of allylic oxidation sites excluding steroid dienone is 1. The highest BCUT2D eigenvalue weighted by atomic mass is 16.4. The molecule has 6 rings (SSSR count). The molecule has 10 heteroatoms. The first-order valence-corrected chi connectivity index (χ1v) is 11.7. The van der Waals surface area contributed by atoms with Crippen molar-refractivity contribution >= 4 is 28.8 Å². The van der Waals surface area contributed by atoms with Gasteiger partial charge in [0.25, 0.3) is 0 Å². The summed E-state index contributed by atoms with van der Waals surface area (Å²) in [6.45, 7) is 6.29. The largest absolute Gasteiger partial charge is 0.417 e. The molecule has 3 aliphatic heterocycles. The Balaban J connectivity index is 1.19. The Bertz CT molecular complexity index is 1340. The van der Waals surface area contributed by atoms with Crippen LogP contribution in [0.25, 0.3) is 11.1 Å². The van der Waals surface area contributed by atoms with Crippen LogP contribution < -0.4 is 27.0 Å². The number of piperazine rings is 1. The maximum absolute atomic E-state index is 11.4. The van der Waals surface area contributed by atoms with Gasteiger partial charge in [-0.2, -0.15) is 0 Å². The Morgan fingerprint density at radius 1 is 1.24 bits per heavy atom. The van der Waals surface area contributed by atoms with Crippen LogP contribution in [0.1, 0.15) is 25.3 Å². The second-order valence-electron chi connectivity index (χ2n) is 9.24. The van der Waals surface area contributed by atoms with E-state index < -0.39 is 11.5 Å². The smallest absolute Gasteiger partial charge is 0.408 e. The number of rotatable bonds is 4. The van der Waals surface area contributed by atoms with E-state index in [0.717, 1.165) is 48.1 Å². The van der Waals surface area contributed by atoms with Gasteiger partial charge in [0, 0.05) is 54.9 Å². The lowest BCUT2D eigenvalue weighted by atomic mass is 10.1. The number of nitrogens with one attached hydrogen (secondary N) is 3. The first-order valence-electron chi connectivity index (χ1n) is 11.7. The van der Waals surface area contributed by atoms with Crippen LogP contribution in [-0.4, -0.2) is 53.3 Å². The van der Waals surface area contributed by atoms with E-state index >= 15 is 0 Å². The molecule has 0 aliphatic carbocycles. The highest BCUT2D eigenvalue weighted by molar-refractivity contribution is 5.82. The van der Waals surface area contributed by atoms with E-state index in [9.17, 15) is 4.79 Å². The molecule has 176 valence electrons.